The van der Waals surface area contributed by atoms with Crippen LogP contribution in [0, 0.1) is 12.3 Å². The number of carboxylic acid groups (broad SMARTS) is 2. The molecule has 0 aliphatic heterocycles. The third-order valence-electron chi connectivity index (χ3n) is 6.04. The van der Waals surface area contributed by atoms with Crippen LogP contribution in [-0.2, 0) is 25.7 Å². The number of hydrogen-bond donors (Lipinski definition) is 6. The summed E-state index contributed by atoms with van der Waals surface area (Å²) in [5.74, 6) is -3.10. The summed E-state index contributed by atoms with van der Waals surface area (Å²) in [7, 11) is 0. The molecule has 0 aliphatic rings. The number of aromatic amines is 1. The number of fused-ring (bicyclic) bond motifs is 1. The van der Waals surface area contributed by atoms with Gasteiger partial charge in [-0.05, 0) is 67.9 Å². The monoisotopic (exact) mass is 589 g/mol. The number of aliphatic carboxylic acids is 2. The van der Waals surface area contributed by atoms with Crippen LogP contribution in [-0.4, -0.2) is 68.0 Å². The zero-order valence-electron chi connectivity index (χ0n) is 23.5. The summed E-state index contributed by atoms with van der Waals surface area (Å²) >= 11 is 0. The van der Waals surface area contributed by atoms with E-state index in [-0.39, 0.29) is 37.3 Å². The van der Waals surface area contributed by atoms with Crippen molar-refractivity contribution in [1.82, 2.24) is 15.0 Å². The number of ether oxygens (including phenoxy) is 1. The lowest BCUT2D eigenvalue weighted by atomic mass is 10.1. The zero-order chi connectivity index (χ0) is 31.5. The SMILES string of the molecule is CCOC(=O)CCN(C(=O)c1ccc2[nH]c(CNc3ccc(C(=N)N)cc3)nc2c1C)c1ccccn1.O=C(O)C(=O)O. The number of pyridine rings is 1. The number of anilines is 2. The van der Waals surface area contributed by atoms with Crippen LogP contribution in [0.4, 0.5) is 11.5 Å². The highest BCUT2D eigenvalue weighted by molar-refractivity contribution is 6.27. The highest BCUT2D eigenvalue weighted by Gasteiger charge is 2.23. The molecular formula is C29H31N7O7. The number of nitrogens with one attached hydrogen (secondary N) is 3. The molecule has 0 saturated carbocycles. The lowest BCUT2D eigenvalue weighted by molar-refractivity contribution is -0.159. The smallest absolute Gasteiger partial charge is 0.414 e. The number of rotatable bonds is 10. The van der Waals surface area contributed by atoms with E-state index >= 15 is 0 Å². The number of benzene rings is 2. The number of amides is 1. The molecule has 0 unspecified atom stereocenters. The number of nitrogens with zero attached hydrogens (tertiary/aromatic N) is 3. The normalized spacial score (nSPS) is 10.3. The topological polar surface area (TPSA) is 225 Å². The maximum absolute atomic E-state index is 13.6. The van der Waals surface area contributed by atoms with Gasteiger partial charge >= 0.3 is 17.9 Å². The quantitative estimate of drug-likeness (QED) is 0.0682. The molecule has 224 valence electrons. The van der Waals surface area contributed by atoms with Crippen molar-refractivity contribution in [3.63, 3.8) is 0 Å². The second kappa shape index (κ2) is 14.7. The van der Waals surface area contributed by atoms with Crippen molar-refractivity contribution in [3.8, 4) is 0 Å². The maximum atomic E-state index is 13.6. The van der Waals surface area contributed by atoms with Crippen LogP contribution in [0.5, 0.6) is 0 Å². The van der Waals surface area contributed by atoms with E-state index in [9.17, 15) is 9.59 Å². The first-order chi connectivity index (χ1) is 20.5. The van der Waals surface area contributed by atoms with Crippen molar-refractivity contribution >= 4 is 52.2 Å². The molecule has 2 aromatic heterocycles. The minimum atomic E-state index is -1.82. The van der Waals surface area contributed by atoms with Gasteiger partial charge in [-0.2, -0.15) is 0 Å². The van der Waals surface area contributed by atoms with Gasteiger partial charge in [-0.25, -0.2) is 19.6 Å². The Bertz CT molecular complexity index is 1610. The molecule has 1 amide bonds. The van der Waals surface area contributed by atoms with Gasteiger partial charge in [-0.1, -0.05) is 6.07 Å². The number of hydrogen-bond acceptors (Lipinski definition) is 9. The first-order valence-corrected chi connectivity index (χ1v) is 13.0. The maximum Gasteiger partial charge on any atom is 0.414 e. The highest BCUT2D eigenvalue weighted by atomic mass is 16.5. The molecule has 0 saturated heterocycles. The molecule has 4 aromatic rings. The number of imidazole rings is 1. The Kier molecular flexibility index (Phi) is 10.9. The summed E-state index contributed by atoms with van der Waals surface area (Å²) in [6, 6.07) is 16.1. The van der Waals surface area contributed by atoms with Crippen LogP contribution < -0.4 is 16.0 Å². The van der Waals surface area contributed by atoms with E-state index in [2.05, 4.69) is 15.3 Å². The Balaban J connectivity index is 0.000000765. The Hall–Kier alpha value is -5.79. The van der Waals surface area contributed by atoms with Crippen LogP contribution >= 0.6 is 0 Å². The number of aromatic nitrogens is 3. The van der Waals surface area contributed by atoms with Gasteiger partial charge in [-0.3, -0.25) is 19.9 Å². The third kappa shape index (κ3) is 8.60. The Morgan fingerprint density at radius 2 is 1.74 bits per heavy atom. The van der Waals surface area contributed by atoms with E-state index in [1.54, 1.807) is 49.5 Å². The lowest BCUT2D eigenvalue weighted by Crippen LogP contribution is -2.34. The predicted molar refractivity (Wildman–Crippen MR) is 158 cm³/mol. The molecule has 14 heteroatoms. The van der Waals surface area contributed by atoms with Crippen molar-refractivity contribution in [2.24, 2.45) is 5.73 Å². The largest absolute Gasteiger partial charge is 0.473 e. The van der Waals surface area contributed by atoms with E-state index < -0.39 is 11.9 Å². The molecule has 0 atom stereocenters. The van der Waals surface area contributed by atoms with Gasteiger partial charge in [0.25, 0.3) is 5.91 Å². The van der Waals surface area contributed by atoms with Crippen molar-refractivity contribution in [3.05, 3.63) is 83.3 Å². The van der Waals surface area contributed by atoms with Crippen LogP contribution in [0.2, 0.25) is 0 Å². The van der Waals surface area contributed by atoms with Gasteiger partial charge in [0.1, 0.15) is 17.5 Å². The van der Waals surface area contributed by atoms with Crippen molar-refractivity contribution < 1.29 is 34.1 Å². The summed E-state index contributed by atoms with van der Waals surface area (Å²) in [4.78, 5) is 57.6. The zero-order valence-corrected chi connectivity index (χ0v) is 23.5. The molecule has 14 nitrogen and oxygen atoms in total. The number of carboxylic acids is 2. The molecule has 0 radical (unpaired) electrons. The molecule has 0 aliphatic carbocycles. The lowest BCUT2D eigenvalue weighted by Gasteiger charge is -2.22. The van der Waals surface area contributed by atoms with Gasteiger partial charge in [0, 0.05) is 29.6 Å². The fraction of sp³-hybridized carbons (Fsp3) is 0.207. The Labute approximate surface area is 246 Å². The summed E-state index contributed by atoms with van der Waals surface area (Å²) in [5, 5.41) is 25.6. The summed E-state index contributed by atoms with van der Waals surface area (Å²) in [6.07, 6.45) is 1.67. The number of nitrogen functional groups attached to an aromatic ring is 1. The van der Waals surface area contributed by atoms with Gasteiger partial charge in [-0.15, -0.1) is 0 Å². The summed E-state index contributed by atoms with van der Waals surface area (Å²) in [6.45, 7) is 4.47. The molecule has 4 rings (SSSR count). The average molecular weight is 590 g/mol. The van der Waals surface area contributed by atoms with Gasteiger partial charge in [0.05, 0.1) is 30.6 Å². The first-order valence-electron chi connectivity index (χ1n) is 13.0. The Morgan fingerprint density at radius 1 is 1.05 bits per heavy atom. The third-order valence-corrected chi connectivity index (χ3v) is 6.04. The van der Waals surface area contributed by atoms with Gasteiger partial charge in [0.2, 0.25) is 0 Å². The van der Waals surface area contributed by atoms with Gasteiger partial charge in [0.15, 0.2) is 0 Å². The number of H-pyrrole nitrogens is 1. The number of amidine groups is 1. The van der Waals surface area contributed by atoms with Crippen LogP contribution in [0.25, 0.3) is 11.0 Å². The van der Waals surface area contributed by atoms with E-state index in [4.69, 9.17) is 40.7 Å². The number of nitrogens with two attached hydrogens (primary N) is 1. The standard InChI is InChI=1S/C27H29N7O3.C2H2O4/c1-3-37-24(35)13-15-34(23-6-4-5-14-30-23)27(36)20-11-12-21-25(17(20)2)33-22(32-21)16-31-19-9-7-18(8-10-19)26(28)29;3-1(4)2(5)6/h4-12,14,31H,3,13,15-16H2,1-2H3,(H3,28,29)(H,32,33);(H,3,4)(H,5,6). The number of carbonyl (C=O) groups is 4. The highest BCUT2D eigenvalue weighted by Crippen LogP contribution is 2.24. The molecule has 0 fully saturated rings. The van der Waals surface area contributed by atoms with E-state index in [1.165, 1.54) is 4.90 Å². The molecule has 0 spiro atoms. The average Bonchev–Trinajstić information content (AvgIpc) is 3.41. The van der Waals surface area contributed by atoms with Crippen molar-refractivity contribution in [1.29, 1.82) is 5.41 Å². The van der Waals surface area contributed by atoms with Crippen molar-refractivity contribution in [2.75, 3.05) is 23.4 Å². The number of carbonyl (C=O) groups excluding carboxylic acids is 2. The minimum Gasteiger partial charge on any atom is -0.473 e. The van der Waals surface area contributed by atoms with Crippen LogP contribution in [0.3, 0.4) is 0 Å². The molecule has 2 aromatic carbocycles. The van der Waals surface area contributed by atoms with Gasteiger partial charge < -0.3 is 31.0 Å². The van der Waals surface area contributed by atoms with E-state index in [0.717, 1.165) is 16.8 Å². The summed E-state index contributed by atoms with van der Waals surface area (Å²) < 4.78 is 5.04. The molecule has 2 heterocycles. The fourth-order valence-corrected chi connectivity index (χ4v) is 3.95. The molecule has 43 heavy (non-hydrogen) atoms. The molecule has 0 bridgehead atoms. The number of aryl methyl sites for hydroxylation is 1. The molecule has 7 N–H and O–H groups in total. The number of esters is 1. The van der Waals surface area contributed by atoms with Crippen LogP contribution in [0.15, 0.2) is 60.8 Å². The minimum absolute atomic E-state index is 0.0205. The molecular weight excluding hydrogens is 558 g/mol. The summed E-state index contributed by atoms with van der Waals surface area (Å²) in [5.41, 5.74) is 9.75. The van der Waals surface area contributed by atoms with E-state index in [1.807, 2.05) is 25.1 Å². The first kappa shape index (κ1) is 31.7. The predicted octanol–water partition coefficient (Wildman–Crippen LogP) is 2.92. The Morgan fingerprint density at radius 3 is 2.33 bits per heavy atom. The van der Waals surface area contributed by atoms with E-state index in [0.29, 0.717) is 34.8 Å². The van der Waals surface area contributed by atoms with Crippen molar-refractivity contribution in [2.45, 2.75) is 26.8 Å². The second-order valence-corrected chi connectivity index (χ2v) is 8.97. The second-order valence-electron chi connectivity index (χ2n) is 8.97. The fourth-order valence-electron chi connectivity index (χ4n) is 3.95. The van der Waals surface area contributed by atoms with Crippen LogP contribution in [0.1, 0.15) is 40.7 Å².